The Labute approximate surface area is 138 Å². The van der Waals surface area contributed by atoms with Gasteiger partial charge >= 0.3 is 0 Å². The van der Waals surface area contributed by atoms with Gasteiger partial charge in [0.15, 0.2) is 5.78 Å². The van der Waals surface area contributed by atoms with E-state index in [-0.39, 0.29) is 16.9 Å². The highest BCUT2D eigenvalue weighted by Gasteiger charge is 2.19. The van der Waals surface area contributed by atoms with Crippen LogP contribution in [0.25, 0.3) is 0 Å². The summed E-state index contributed by atoms with van der Waals surface area (Å²) in [6, 6.07) is 7.01. The first-order chi connectivity index (χ1) is 10.5. The predicted octanol–water partition coefficient (Wildman–Crippen LogP) is 3.83. The highest BCUT2D eigenvalue weighted by atomic mass is 79.9. The molecular weight excluding hydrogens is 344 g/mol. The quantitative estimate of drug-likeness (QED) is 0.626. The lowest BCUT2D eigenvalue weighted by Crippen LogP contribution is -2.21. The number of nitrogens with zero attached hydrogens (tertiary/aromatic N) is 1. The minimum Gasteiger partial charge on any atom is -0.299 e. The second-order valence-corrected chi connectivity index (χ2v) is 6.04. The van der Waals surface area contributed by atoms with Crippen molar-refractivity contribution in [2.24, 2.45) is 0 Å². The van der Waals surface area contributed by atoms with Gasteiger partial charge in [-0.05, 0) is 37.6 Å². The van der Waals surface area contributed by atoms with Crippen LogP contribution < -0.4 is 5.56 Å². The molecule has 116 valence electrons. The van der Waals surface area contributed by atoms with Gasteiger partial charge in [0, 0.05) is 15.7 Å². The zero-order valence-corrected chi connectivity index (χ0v) is 14.3. The maximum Gasteiger partial charge on any atom is 0.278 e. The molecule has 0 saturated heterocycles. The lowest BCUT2D eigenvalue weighted by Gasteiger charge is -1.98. The van der Waals surface area contributed by atoms with Crippen LogP contribution in [0.5, 0.6) is 0 Å². The molecule has 1 aromatic heterocycles. The Bertz CT molecular complexity index is 739. The Hall–Kier alpha value is -1.88. The number of hydrogen-bond acceptors (Lipinski definition) is 2. The molecule has 2 aromatic rings. The van der Waals surface area contributed by atoms with Gasteiger partial charge < -0.3 is 0 Å². The zero-order valence-electron chi connectivity index (χ0n) is 12.7. The van der Waals surface area contributed by atoms with Gasteiger partial charge in [-0.25, -0.2) is 4.68 Å². The third kappa shape index (κ3) is 3.65. The Morgan fingerprint density at radius 3 is 2.59 bits per heavy atom. The van der Waals surface area contributed by atoms with Crippen LogP contribution in [0, 0.1) is 6.92 Å². The van der Waals surface area contributed by atoms with Crippen LogP contribution in [0.1, 0.15) is 41.4 Å². The summed E-state index contributed by atoms with van der Waals surface area (Å²) in [6.45, 7) is 4.30. The number of carbonyl (C=O) groups excluding carboxylic acids is 1. The van der Waals surface area contributed by atoms with Crippen LogP contribution in [0.3, 0.4) is 0 Å². The van der Waals surface area contributed by atoms with Crippen LogP contribution in [0.15, 0.2) is 45.7 Å². The van der Waals surface area contributed by atoms with E-state index in [9.17, 15) is 9.59 Å². The summed E-state index contributed by atoms with van der Waals surface area (Å²) in [5.41, 5.74) is 1.05. The fraction of sp³-hybridized carbons (Fsp3) is 0.294. The third-order valence-corrected chi connectivity index (χ3v) is 3.91. The number of H-pyrrole nitrogens is 1. The number of nitrogens with one attached hydrogen (secondary N) is 1. The Morgan fingerprint density at radius 2 is 1.95 bits per heavy atom. The molecule has 0 radical (unpaired) electrons. The standard InChI is InChI=1S/C17H19BrN2O2/c1-3-4-5-6-11-20-17(22)15(12(2)19-20)16(21)13-7-9-14(18)10-8-13/h5-10,19H,3-4,11H2,1-2H3. The number of rotatable bonds is 6. The smallest absolute Gasteiger partial charge is 0.278 e. The number of allylic oxidation sites excluding steroid dienone is 2. The Kier molecular flexibility index (Phi) is 5.55. The van der Waals surface area contributed by atoms with Crippen molar-refractivity contribution in [1.29, 1.82) is 0 Å². The molecular formula is C17H19BrN2O2. The number of ketones is 1. The number of hydrogen-bond donors (Lipinski definition) is 1. The molecule has 0 aliphatic carbocycles. The van der Waals surface area contributed by atoms with Crippen molar-refractivity contribution in [1.82, 2.24) is 9.78 Å². The summed E-state index contributed by atoms with van der Waals surface area (Å²) in [4.78, 5) is 24.9. The minimum absolute atomic E-state index is 0.214. The SMILES string of the molecule is CCCC=CCn1[nH]c(C)c(C(=O)c2ccc(Br)cc2)c1=O. The fourth-order valence-corrected chi connectivity index (χ4v) is 2.47. The van der Waals surface area contributed by atoms with E-state index in [0.29, 0.717) is 17.8 Å². The maximum atomic E-state index is 12.5. The molecule has 0 spiro atoms. The normalized spacial score (nSPS) is 11.2. The van der Waals surface area contributed by atoms with Crippen LogP contribution >= 0.6 is 15.9 Å². The van der Waals surface area contributed by atoms with Gasteiger partial charge in [0.25, 0.3) is 5.56 Å². The predicted molar refractivity (Wildman–Crippen MR) is 91.4 cm³/mol. The van der Waals surface area contributed by atoms with Gasteiger partial charge in [-0.3, -0.25) is 14.7 Å². The van der Waals surface area contributed by atoms with Gasteiger partial charge in [0.1, 0.15) is 5.56 Å². The molecule has 0 unspecified atom stereocenters. The molecule has 0 atom stereocenters. The summed E-state index contributed by atoms with van der Waals surface area (Å²) in [7, 11) is 0. The van der Waals surface area contributed by atoms with Crippen molar-refractivity contribution in [3.63, 3.8) is 0 Å². The van der Waals surface area contributed by atoms with Crippen LogP contribution in [0.2, 0.25) is 0 Å². The highest BCUT2D eigenvalue weighted by Crippen LogP contribution is 2.14. The largest absolute Gasteiger partial charge is 0.299 e. The van der Waals surface area contributed by atoms with Gasteiger partial charge in [-0.15, -0.1) is 0 Å². The molecule has 1 aromatic carbocycles. The van der Waals surface area contributed by atoms with E-state index in [1.807, 2.05) is 12.2 Å². The van der Waals surface area contributed by atoms with Crippen molar-refractivity contribution >= 4 is 21.7 Å². The molecule has 0 fully saturated rings. The number of halogens is 1. The highest BCUT2D eigenvalue weighted by molar-refractivity contribution is 9.10. The fourth-order valence-electron chi connectivity index (χ4n) is 2.21. The first-order valence-corrected chi connectivity index (χ1v) is 8.08. The number of aromatic nitrogens is 2. The molecule has 22 heavy (non-hydrogen) atoms. The molecule has 5 heteroatoms. The summed E-state index contributed by atoms with van der Waals surface area (Å²) < 4.78 is 2.36. The average molecular weight is 363 g/mol. The van der Waals surface area contributed by atoms with E-state index < -0.39 is 0 Å². The second kappa shape index (κ2) is 7.40. The van der Waals surface area contributed by atoms with E-state index in [0.717, 1.165) is 17.3 Å². The lowest BCUT2D eigenvalue weighted by molar-refractivity contribution is 0.103. The average Bonchev–Trinajstić information content (AvgIpc) is 2.78. The van der Waals surface area contributed by atoms with Crippen LogP contribution in [-0.4, -0.2) is 15.6 Å². The minimum atomic E-state index is -0.272. The number of aromatic amines is 1. The number of carbonyl (C=O) groups is 1. The van der Waals surface area contributed by atoms with Gasteiger partial charge in [0.2, 0.25) is 0 Å². The maximum absolute atomic E-state index is 12.5. The molecule has 0 amide bonds. The molecule has 2 rings (SSSR count). The number of unbranched alkanes of at least 4 members (excludes halogenated alkanes) is 1. The molecule has 4 nitrogen and oxygen atoms in total. The second-order valence-electron chi connectivity index (χ2n) is 5.12. The van der Waals surface area contributed by atoms with Gasteiger partial charge in [-0.1, -0.05) is 41.4 Å². The van der Waals surface area contributed by atoms with Gasteiger partial charge in [0.05, 0.1) is 6.54 Å². The molecule has 1 heterocycles. The van der Waals surface area contributed by atoms with E-state index in [4.69, 9.17) is 0 Å². The van der Waals surface area contributed by atoms with Crippen molar-refractivity contribution in [3.05, 3.63) is 68.1 Å². The molecule has 1 N–H and O–H groups in total. The van der Waals surface area contributed by atoms with Gasteiger partial charge in [-0.2, -0.15) is 0 Å². The van der Waals surface area contributed by atoms with Crippen molar-refractivity contribution in [2.75, 3.05) is 0 Å². The third-order valence-electron chi connectivity index (χ3n) is 3.38. The number of aryl methyl sites for hydroxylation is 1. The van der Waals surface area contributed by atoms with Crippen LogP contribution in [-0.2, 0) is 6.54 Å². The monoisotopic (exact) mass is 362 g/mol. The summed E-state index contributed by atoms with van der Waals surface area (Å²) >= 11 is 3.33. The molecule has 0 aliphatic heterocycles. The first-order valence-electron chi connectivity index (χ1n) is 7.29. The first kappa shape index (κ1) is 16.5. The van der Waals surface area contributed by atoms with E-state index in [2.05, 4.69) is 28.0 Å². The molecule has 0 saturated carbocycles. The Morgan fingerprint density at radius 1 is 1.27 bits per heavy atom. The van der Waals surface area contributed by atoms with E-state index in [1.165, 1.54) is 4.68 Å². The Balaban J connectivity index is 2.28. The summed E-state index contributed by atoms with van der Waals surface area (Å²) in [6.07, 6.45) is 6.04. The van der Waals surface area contributed by atoms with Crippen LogP contribution in [0.4, 0.5) is 0 Å². The van der Waals surface area contributed by atoms with Crippen molar-refractivity contribution < 1.29 is 4.79 Å². The summed E-state index contributed by atoms with van der Waals surface area (Å²) in [5.74, 6) is -0.248. The van der Waals surface area contributed by atoms with Crippen molar-refractivity contribution in [3.8, 4) is 0 Å². The lowest BCUT2D eigenvalue weighted by atomic mass is 10.0. The number of benzene rings is 1. The molecule has 0 bridgehead atoms. The van der Waals surface area contributed by atoms with E-state index in [1.54, 1.807) is 31.2 Å². The van der Waals surface area contributed by atoms with Crippen molar-refractivity contribution in [2.45, 2.75) is 33.2 Å². The van der Waals surface area contributed by atoms with E-state index >= 15 is 0 Å². The molecule has 0 aliphatic rings. The topological polar surface area (TPSA) is 54.9 Å². The zero-order chi connectivity index (χ0) is 16.1. The summed E-state index contributed by atoms with van der Waals surface area (Å²) in [5, 5.41) is 2.97.